The molecule has 11 heteroatoms. The van der Waals surface area contributed by atoms with Crippen molar-refractivity contribution in [2.45, 2.75) is 9.50 Å². The minimum Gasteiger partial charge on any atom is -0.221 e. The van der Waals surface area contributed by atoms with Crippen LogP contribution in [0.25, 0.3) is 5.00 Å². The molecule has 0 aliphatic carbocycles. The van der Waals surface area contributed by atoms with Gasteiger partial charge in [0.15, 0.2) is 4.34 Å². The monoisotopic (exact) mass is 501 g/mol. The Balaban J connectivity index is 1.92. The van der Waals surface area contributed by atoms with Crippen molar-refractivity contribution in [3.8, 4) is 5.00 Å². The second-order valence-corrected chi connectivity index (χ2v) is 9.82. The number of tetrazole rings is 1. The fourth-order valence-electron chi connectivity index (χ4n) is 1.19. The van der Waals surface area contributed by atoms with E-state index in [9.17, 15) is 0 Å². The first-order chi connectivity index (χ1) is 9.13. The Kier molecular flexibility index (Phi) is 4.39. The molecule has 0 N–H and O–H groups in total. The Hall–Kier alpha value is 0.190. The van der Waals surface area contributed by atoms with Crippen molar-refractivity contribution in [2.75, 3.05) is 0 Å². The third kappa shape index (κ3) is 3.10. The fraction of sp³-hybridized carbons (Fsp3) is 0. The van der Waals surface area contributed by atoms with E-state index in [4.69, 9.17) is 0 Å². The van der Waals surface area contributed by atoms with Crippen LogP contribution in [-0.4, -0.2) is 25.2 Å². The minimum absolute atomic E-state index is 0.683. The maximum absolute atomic E-state index is 4.36. The molecule has 0 radical (unpaired) electrons. The molecule has 0 spiro atoms. The quantitative estimate of drug-likeness (QED) is 0.522. The lowest BCUT2D eigenvalue weighted by molar-refractivity contribution is 0.768. The van der Waals surface area contributed by atoms with Gasteiger partial charge in [0.1, 0.15) is 13.4 Å². The first-order valence-corrected chi connectivity index (χ1v) is 9.50. The molecule has 3 rings (SSSR count). The van der Waals surface area contributed by atoms with Gasteiger partial charge in [-0.1, -0.05) is 11.3 Å². The zero-order chi connectivity index (χ0) is 13.4. The Morgan fingerprint density at radius 2 is 2.00 bits per heavy atom. The predicted molar refractivity (Wildman–Crippen MR) is 86.4 cm³/mol. The summed E-state index contributed by atoms with van der Waals surface area (Å²) in [6.45, 7) is 0. The number of halogens is 3. The zero-order valence-corrected chi connectivity index (χ0v) is 16.0. The van der Waals surface area contributed by atoms with E-state index in [-0.39, 0.29) is 0 Å². The Labute approximate surface area is 145 Å². The highest BCUT2D eigenvalue weighted by atomic mass is 79.9. The molecule has 0 saturated heterocycles. The van der Waals surface area contributed by atoms with Crippen molar-refractivity contribution in [1.29, 1.82) is 0 Å². The molecule has 0 saturated carbocycles. The molecule has 0 bridgehead atoms. The molecule has 5 nitrogen and oxygen atoms in total. The highest BCUT2D eigenvalue weighted by Crippen LogP contribution is 2.38. The van der Waals surface area contributed by atoms with E-state index in [2.05, 4.69) is 68.3 Å². The summed E-state index contributed by atoms with van der Waals surface area (Å²) in [6, 6.07) is 3.93. The molecular formula is C8H2Br3N5S3. The number of thiophene rings is 1. The smallest absolute Gasteiger partial charge is 0.221 e. The van der Waals surface area contributed by atoms with Crippen LogP contribution in [0, 0.1) is 0 Å². The van der Waals surface area contributed by atoms with E-state index in [0.717, 1.165) is 21.5 Å². The SMILES string of the molecule is Brc1ccc(-n2nnnc2Sc2nc(Br)c(Br)s2)s1. The maximum atomic E-state index is 4.36. The molecular weight excluding hydrogens is 502 g/mol. The van der Waals surface area contributed by atoms with Crippen LogP contribution in [0.2, 0.25) is 0 Å². The van der Waals surface area contributed by atoms with Gasteiger partial charge in [0.2, 0.25) is 5.16 Å². The first kappa shape index (κ1) is 14.1. The second-order valence-electron chi connectivity index (χ2n) is 3.10. The Morgan fingerprint density at radius 3 is 2.63 bits per heavy atom. The van der Waals surface area contributed by atoms with Crippen LogP contribution < -0.4 is 0 Å². The van der Waals surface area contributed by atoms with Gasteiger partial charge in [-0.15, -0.1) is 16.4 Å². The van der Waals surface area contributed by atoms with Gasteiger partial charge in [-0.05, 0) is 82.1 Å². The van der Waals surface area contributed by atoms with E-state index in [1.165, 1.54) is 23.1 Å². The second kappa shape index (κ2) is 5.90. The molecule has 0 unspecified atom stereocenters. The first-order valence-electron chi connectivity index (χ1n) is 4.67. The highest BCUT2D eigenvalue weighted by molar-refractivity contribution is 9.13. The van der Waals surface area contributed by atoms with Crippen LogP contribution in [0.3, 0.4) is 0 Å². The normalized spacial score (nSPS) is 11.1. The van der Waals surface area contributed by atoms with Gasteiger partial charge in [-0.2, -0.15) is 4.68 Å². The lowest BCUT2D eigenvalue weighted by Crippen LogP contribution is -1.95. The number of rotatable bonds is 3. The van der Waals surface area contributed by atoms with Gasteiger partial charge >= 0.3 is 0 Å². The van der Waals surface area contributed by atoms with E-state index >= 15 is 0 Å². The van der Waals surface area contributed by atoms with Crippen LogP contribution in [-0.2, 0) is 0 Å². The molecule has 0 aliphatic rings. The number of hydrogen-bond donors (Lipinski definition) is 0. The van der Waals surface area contributed by atoms with Crippen LogP contribution in [0.1, 0.15) is 0 Å². The van der Waals surface area contributed by atoms with E-state index in [0.29, 0.717) is 5.16 Å². The number of aromatic nitrogens is 5. The molecule has 3 aromatic heterocycles. The van der Waals surface area contributed by atoms with Crippen molar-refractivity contribution in [1.82, 2.24) is 25.2 Å². The molecule has 3 aromatic rings. The van der Waals surface area contributed by atoms with Crippen LogP contribution in [0.4, 0.5) is 0 Å². The third-order valence-corrected chi connectivity index (χ3v) is 7.59. The number of thiazole rings is 1. The van der Waals surface area contributed by atoms with Crippen LogP contribution in [0.15, 0.2) is 33.8 Å². The van der Waals surface area contributed by atoms with E-state index in [1.54, 1.807) is 16.0 Å². The van der Waals surface area contributed by atoms with Gasteiger partial charge in [0.25, 0.3) is 0 Å². The minimum atomic E-state index is 0.683. The van der Waals surface area contributed by atoms with Crippen molar-refractivity contribution < 1.29 is 0 Å². The maximum Gasteiger partial charge on any atom is 0.221 e. The topological polar surface area (TPSA) is 56.5 Å². The Morgan fingerprint density at radius 1 is 1.16 bits per heavy atom. The summed E-state index contributed by atoms with van der Waals surface area (Å²) >= 11 is 14.7. The molecule has 0 aliphatic heterocycles. The van der Waals surface area contributed by atoms with Crippen molar-refractivity contribution in [3.63, 3.8) is 0 Å². The summed E-state index contributed by atoms with van der Waals surface area (Å²) in [5.41, 5.74) is 0. The zero-order valence-electron chi connectivity index (χ0n) is 8.75. The highest BCUT2D eigenvalue weighted by Gasteiger charge is 2.15. The summed E-state index contributed by atoms with van der Waals surface area (Å²) < 4.78 is 5.34. The van der Waals surface area contributed by atoms with Crippen molar-refractivity contribution >= 4 is 82.2 Å². The summed E-state index contributed by atoms with van der Waals surface area (Å²) in [5.74, 6) is 0. The lowest BCUT2D eigenvalue weighted by atomic mass is 10.6. The summed E-state index contributed by atoms with van der Waals surface area (Å²) in [6.07, 6.45) is 0. The number of nitrogens with zero attached hydrogens (tertiary/aromatic N) is 5. The average molecular weight is 504 g/mol. The van der Waals surface area contributed by atoms with Crippen molar-refractivity contribution in [3.05, 3.63) is 24.3 Å². The van der Waals surface area contributed by atoms with Crippen LogP contribution in [0.5, 0.6) is 0 Å². The average Bonchev–Trinajstić information content (AvgIpc) is 3.03. The van der Waals surface area contributed by atoms with Crippen LogP contribution >= 0.6 is 82.2 Å². The number of hydrogen-bond acceptors (Lipinski definition) is 7. The van der Waals surface area contributed by atoms with Gasteiger partial charge in [-0.25, -0.2) is 4.98 Å². The largest absolute Gasteiger partial charge is 0.221 e. The van der Waals surface area contributed by atoms with Gasteiger partial charge in [0.05, 0.1) is 3.79 Å². The third-order valence-electron chi connectivity index (χ3n) is 1.92. The molecule has 3 heterocycles. The fourth-order valence-corrected chi connectivity index (χ4v) is 5.73. The van der Waals surface area contributed by atoms with Gasteiger partial charge < -0.3 is 0 Å². The summed E-state index contributed by atoms with van der Waals surface area (Å²) in [5, 5.41) is 13.4. The predicted octanol–water partition coefficient (Wildman–Crippen LogP) is 4.62. The molecule has 0 atom stereocenters. The summed E-state index contributed by atoms with van der Waals surface area (Å²) in [4.78, 5) is 4.36. The molecule has 19 heavy (non-hydrogen) atoms. The van der Waals surface area contributed by atoms with Gasteiger partial charge in [0, 0.05) is 0 Å². The van der Waals surface area contributed by atoms with Gasteiger partial charge in [-0.3, -0.25) is 0 Å². The molecule has 0 fully saturated rings. The molecule has 98 valence electrons. The standard InChI is InChI=1S/C8H2Br3N5S3/c9-3-1-2-4(17-3)16-7(13-14-15-16)19-8-12-5(10)6(11)18-8/h1-2H. The van der Waals surface area contributed by atoms with E-state index < -0.39 is 0 Å². The molecule has 0 aromatic carbocycles. The van der Waals surface area contributed by atoms with Crippen molar-refractivity contribution in [2.24, 2.45) is 0 Å². The van der Waals surface area contributed by atoms with E-state index in [1.807, 2.05) is 12.1 Å². The lowest BCUT2D eigenvalue weighted by Gasteiger charge is -1.98. The Bertz CT molecular complexity index is 701. The molecule has 0 amide bonds. The summed E-state index contributed by atoms with van der Waals surface area (Å²) in [7, 11) is 0.